The van der Waals surface area contributed by atoms with E-state index in [1.54, 1.807) is 0 Å². The summed E-state index contributed by atoms with van der Waals surface area (Å²) < 4.78 is 7.23. The van der Waals surface area contributed by atoms with Crippen molar-refractivity contribution in [2.24, 2.45) is 0 Å². The number of carbonyl (C=O) groups is 1. The average molecular weight is 233 g/mol. The van der Waals surface area contributed by atoms with Gasteiger partial charge in [0.1, 0.15) is 13.2 Å². The fourth-order valence-electron chi connectivity index (χ4n) is 0.309. The van der Waals surface area contributed by atoms with Crippen LogP contribution in [-0.2, 0) is 9.47 Å². The van der Waals surface area contributed by atoms with Gasteiger partial charge in [0, 0.05) is 0 Å². The molecular formula is C6H7Cl3O3. The van der Waals surface area contributed by atoms with E-state index in [1.807, 2.05) is 0 Å². The minimum atomic E-state index is -1.60. The minimum Gasteiger partial charge on any atom is -0.430 e. The van der Waals surface area contributed by atoms with Crippen molar-refractivity contribution in [3.05, 3.63) is 12.7 Å². The van der Waals surface area contributed by atoms with Crippen molar-refractivity contribution in [3.63, 3.8) is 0 Å². The first-order valence-electron chi connectivity index (χ1n) is 2.93. The molecule has 0 bridgehead atoms. The van der Waals surface area contributed by atoms with Gasteiger partial charge in [-0.2, -0.15) is 0 Å². The summed E-state index contributed by atoms with van der Waals surface area (Å²) in [6.45, 7) is 3.06. The van der Waals surface area contributed by atoms with Crippen molar-refractivity contribution in [1.29, 1.82) is 0 Å². The molecular weight excluding hydrogens is 226 g/mol. The van der Waals surface area contributed by atoms with E-state index in [0.717, 1.165) is 0 Å². The quantitative estimate of drug-likeness (QED) is 0.427. The summed E-state index contributed by atoms with van der Waals surface area (Å²) in [5.41, 5.74) is 0. The molecule has 0 N–H and O–H groups in total. The Morgan fingerprint density at radius 3 is 2.42 bits per heavy atom. The summed E-state index contributed by atoms with van der Waals surface area (Å²) in [5.74, 6) is 0. The first kappa shape index (κ1) is 11.9. The zero-order valence-corrected chi connectivity index (χ0v) is 8.33. The van der Waals surface area contributed by atoms with Crippen LogP contribution in [0.25, 0.3) is 0 Å². The molecule has 0 unspecified atom stereocenters. The number of carbonyl (C=O) groups excluding carboxylic acids is 1. The Kier molecular flexibility index (Phi) is 5.46. The van der Waals surface area contributed by atoms with Crippen LogP contribution in [-0.4, -0.2) is 23.2 Å². The summed E-state index contributed by atoms with van der Waals surface area (Å²) in [4.78, 5) is 10.6. The summed E-state index contributed by atoms with van der Waals surface area (Å²) in [6, 6.07) is 0. The lowest BCUT2D eigenvalue weighted by atomic mass is 10.7. The highest BCUT2D eigenvalue weighted by atomic mass is 35.6. The number of halogens is 3. The smallest absolute Gasteiger partial charge is 0.430 e. The van der Waals surface area contributed by atoms with E-state index < -0.39 is 9.95 Å². The molecule has 70 valence electrons. The van der Waals surface area contributed by atoms with Gasteiger partial charge in [0.2, 0.25) is 3.79 Å². The molecule has 0 heterocycles. The molecule has 0 aliphatic carbocycles. The highest BCUT2D eigenvalue weighted by Crippen LogP contribution is 2.25. The number of hydrogen-bond acceptors (Lipinski definition) is 3. The van der Waals surface area contributed by atoms with Crippen LogP contribution in [0.5, 0.6) is 0 Å². The van der Waals surface area contributed by atoms with E-state index in [2.05, 4.69) is 16.1 Å². The van der Waals surface area contributed by atoms with Crippen LogP contribution in [0.2, 0.25) is 0 Å². The van der Waals surface area contributed by atoms with Gasteiger partial charge in [-0.25, -0.2) is 4.79 Å². The fraction of sp³-hybridized carbons (Fsp3) is 0.500. The SMILES string of the molecule is C=CCOC(=O)OCC(Cl)(Cl)Cl. The van der Waals surface area contributed by atoms with Crippen molar-refractivity contribution in [1.82, 2.24) is 0 Å². The molecule has 0 saturated carbocycles. The minimum absolute atomic E-state index is 0.0681. The first-order valence-corrected chi connectivity index (χ1v) is 4.06. The maximum atomic E-state index is 10.6. The Labute approximate surface area is 85.2 Å². The third-order valence-electron chi connectivity index (χ3n) is 0.673. The van der Waals surface area contributed by atoms with Crippen molar-refractivity contribution in [3.8, 4) is 0 Å². The van der Waals surface area contributed by atoms with Crippen molar-refractivity contribution < 1.29 is 14.3 Å². The number of rotatable bonds is 3. The summed E-state index contributed by atoms with van der Waals surface area (Å²) in [7, 11) is 0. The van der Waals surface area contributed by atoms with Crippen LogP contribution in [0.3, 0.4) is 0 Å². The van der Waals surface area contributed by atoms with Crippen molar-refractivity contribution in [2.45, 2.75) is 3.79 Å². The van der Waals surface area contributed by atoms with E-state index in [0.29, 0.717) is 0 Å². The van der Waals surface area contributed by atoms with Crippen LogP contribution >= 0.6 is 34.8 Å². The Hall–Kier alpha value is -0.120. The zero-order valence-electron chi connectivity index (χ0n) is 6.06. The molecule has 0 rings (SSSR count). The fourth-order valence-corrected chi connectivity index (χ4v) is 0.473. The van der Waals surface area contributed by atoms with Gasteiger partial charge < -0.3 is 9.47 Å². The van der Waals surface area contributed by atoms with Crippen molar-refractivity contribution >= 4 is 41.0 Å². The Morgan fingerprint density at radius 2 is 2.00 bits per heavy atom. The van der Waals surface area contributed by atoms with Gasteiger partial charge in [-0.15, -0.1) is 0 Å². The predicted molar refractivity (Wildman–Crippen MR) is 47.8 cm³/mol. The summed E-state index contributed by atoms with van der Waals surface area (Å²) in [5, 5.41) is 0. The molecule has 0 spiro atoms. The zero-order chi connectivity index (χ0) is 9.61. The highest BCUT2D eigenvalue weighted by molar-refractivity contribution is 6.67. The molecule has 0 saturated heterocycles. The normalized spacial score (nSPS) is 10.6. The Morgan fingerprint density at radius 1 is 1.42 bits per heavy atom. The maximum Gasteiger partial charge on any atom is 0.508 e. The number of alkyl halides is 3. The third kappa shape index (κ3) is 7.98. The molecule has 0 radical (unpaired) electrons. The maximum absolute atomic E-state index is 10.6. The third-order valence-corrected chi connectivity index (χ3v) is 1.00. The van der Waals surface area contributed by atoms with Crippen LogP contribution < -0.4 is 0 Å². The molecule has 0 aromatic carbocycles. The molecule has 0 aliphatic rings. The second-order valence-corrected chi connectivity index (χ2v) is 4.27. The lowest BCUT2D eigenvalue weighted by Gasteiger charge is -2.10. The van der Waals surface area contributed by atoms with E-state index in [4.69, 9.17) is 34.8 Å². The average Bonchev–Trinajstić information content (AvgIpc) is 1.95. The lowest BCUT2D eigenvalue weighted by molar-refractivity contribution is 0.0647. The lowest BCUT2D eigenvalue weighted by Crippen LogP contribution is -2.17. The molecule has 6 heteroatoms. The van der Waals surface area contributed by atoms with Crippen molar-refractivity contribution in [2.75, 3.05) is 13.2 Å². The molecule has 12 heavy (non-hydrogen) atoms. The van der Waals surface area contributed by atoms with E-state index in [9.17, 15) is 4.79 Å². The van der Waals surface area contributed by atoms with Gasteiger partial charge >= 0.3 is 6.16 Å². The van der Waals surface area contributed by atoms with E-state index in [1.165, 1.54) is 6.08 Å². The second kappa shape index (κ2) is 5.51. The van der Waals surface area contributed by atoms with Gasteiger partial charge in [-0.3, -0.25) is 0 Å². The number of hydrogen-bond donors (Lipinski definition) is 0. The van der Waals surface area contributed by atoms with Crippen LogP contribution in [0.4, 0.5) is 4.79 Å². The molecule has 0 aromatic rings. The molecule has 3 nitrogen and oxygen atoms in total. The highest BCUT2D eigenvalue weighted by Gasteiger charge is 2.22. The Bertz CT molecular complexity index is 164. The molecule has 0 aromatic heterocycles. The molecule has 0 aliphatic heterocycles. The topological polar surface area (TPSA) is 35.5 Å². The second-order valence-electron chi connectivity index (χ2n) is 1.75. The van der Waals surface area contributed by atoms with Gasteiger partial charge in [-0.05, 0) is 0 Å². The molecule has 0 fully saturated rings. The van der Waals surface area contributed by atoms with E-state index >= 15 is 0 Å². The van der Waals surface area contributed by atoms with Gasteiger partial charge in [0.15, 0.2) is 0 Å². The van der Waals surface area contributed by atoms with Crippen LogP contribution in [0.1, 0.15) is 0 Å². The molecule has 0 amide bonds. The van der Waals surface area contributed by atoms with Gasteiger partial charge in [0.25, 0.3) is 0 Å². The standard InChI is InChI=1S/C6H7Cl3O3/c1-2-3-11-5(10)12-4-6(7,8)9/h2H,1,3-4H2. The monoisotopic (exact) mass is 232 g/mol. The van der Waals surface area contributed by atoms with Crippen LogP contribution in [0, 0.1) is 0 Å². The van der Waals surface area contributed by atoms with Crippen LogP contribution in [0.15, 0.2) is 12.7 Å². The van der Waals surface area contributed by atoms with Gasteiger partial charge in [0.05, 0.1) is 0 Å². The predicted octanol–water partition coefficient (Wildman–Crippen LogP) is 2.70. The largest absolute Gasteiger partial charge is 0.508 e. The first-order chi connectivity index (χ1) is 5.45. The van der Waals surface area contributed by atoms with Gasteiger partial charge in [-0.1, -0.05) is 47.5 Å². The van der Waals surface area contributed by atoms with E-state index in [-0.39, 0.29) is 13.2 Å². The number of ether oxygens (including phenoxy) is 2. The summed E-state index contributed by atoms with van der Waals surface area (Å²) >= 11 is 15.9. The Balaban J connectivity index is 3.51. The molecule has 0 atom stereocenters. The summed E-state index contributed by atoms with van der Waals surface area (Å²) in [6.07, 6.45) is 0.512.